The molecule has 4 nitrogen and oxygen atoms in total. The number of halogens is 1. The van der Waals surface area contributed by atoms with Crippen LogP contribution in [0.15, 0.2) is 18.2 Å². The van der Waals surface area contributed by atoms with Crippen molar-refractivity contribution in [1.29, 1.82) is 0 Å². The van der Waals surface area contributed by atoms with Gasteiger partial charge in [0.1, 0.15) is 11.9 Å². The average molecular weight is 280 g/mol. The second kappa shape index (κ2) is 6.70. The van der Waals surface area contributed by atoms with E-state index in [9.17, 15) is 9.18 Å². The molecule has 2 rings (SSSR count). The van der Waals surface area contributed by atoms with E-state index in [2.05, 4.69) is 0 Å². The molecule has 0 aromatic heterocycles. The summed E-state index contributed by atoms with van der Waals surface area (Å²) >= 11 is 0. The Morgan fingerprint density at radius 2 is 2.15 bits per heavy atom. The standard InChI is InChI=1S/C15H21FN2O2/c1-2-20-15(19)13(17)10-11-5-6-14(12(16)9-11)18-7-3-4-8-18/h5-6,9,13H,2-4,7-8,10,17H2,1H3. The van der Waals surface area contributed by atoms with Gasteiger partial charge in [0.2, 0.25) is 0 Å². The van der Waals surface area contributed by atoms with Crippen molar-refractivity contribution in [2.24, 2.45) is 5.73 Å². The first-order valence-electron chi connectivity index (χ1n) is 7.07. The molecular weight excluding hydrogens is 259 g/mol. The third kappa shape index (κ3) is 3.48. The molecule has 1 aliphatic heterocycles. The maximum atomic E-state index is 14.1. The molecule has 1 unspecified atom stereocenters. The number of nitrogens with two attached hydrogens (primary N) is 1. The Labute approximate surface area is 118 Å². The Morgan fingerprint density at radius 3 is 2.75 bits per heavy atom. The van der Waals surface area contributed by atoms with Gasteiger partial charge in [-0.2, -0.15) is 0 Å². The summed E-state index contributed by atoms with van der Waals surface area (Å²) in [5.74, 6) is -0.697. The summed E-state index contributed by atoms with van der Waals surface area (Å²) in [7, 11) is 0. The lowest BCUT2D eigenvalue weighted by atomic mass is 10.1. The fourth-order valence-corrected chi connectivity index (χ4v) is 2.48. The summed E-state index contributed by atoms with van der Waals surface area (Å²) in [6.07, 6.45) is 2.50. The molecule has 2 N–H and O–H groups in total. The Balaban J connectivity index is 2.03. The van der Waals surface area contributed by atoms with E-state index in [4.69, 9.17) is 10.5 Å². The van der Waals surface area contributed by atoms with Gasteiger partial charge in [0.25, 0.3) is 0 Å². The van der Waals surface area contributed by atoms with Gasteiger partial charge < -0.3 is 15.4 Å². The lowest BCUT2D eigenvalue weighted by molar-refractivity contribution is -0.144. The van der Waals surface area contributed by atoms with Crippen molar-refractivity contribution in [2.45, 2.75) is 32.2 Å². The number of carbonyl (C=O) groups is 1. The first-order valence-corrected chi connectivity index (χ1v) is 7.07. The Hall–Kier alpha value is -1.62. The first-order chi connectivity index (χ1) is 9.61. The fraction of sp³-hybridized carbons (Fsp3) is 0.533. The third-order valence-corrected chi connectivity index (χ3v) is 3.50. The van der Waals surface area contributed by atoms with E-state index in [0.29, 0.717) is 17.9 Å². The molecule has 20 heavy (non-hydrogen) atoms. The minimum absolute atomic E-state index is 0.250. The smallest absolute Gasteiger partial charge is 0.323 e. The van der Waals surface area contributed by atoms with E-state index >= 15 is 0 Å². The number of nitrogens with zero attached hydrogens (tertiary/aromatic N) is 1. The number of benzene rings is 1. The van der Waals surface area contributed by atoms with Crippen LogP contribution < -0.4 is 10.6 Å². The molecule has 5 heteroatoms. The van der Waals surface area contributed by atoms with Gasteiger partial charge >= 0.3 is 5.97 Å². The minimum atomic E-state index is -0.744. The second-order valence-electron chi connectivity index (χ2n) is 5.04. The van der Waals surface area contributed by atoms with Crippen molar-refractivity contribution in [2.75, 3.05) is 24.6 Å². The molecule has 1 fully saturated rings. The SMILES string of the molecule is CCOC(=O)C(N)Cc1ccc(N2CCCC2)c(F)c1. The predicted octanol–water partition coefficient (Wildman–Crippen LogP) is 1.86. The molecule has 0 saturated carbocycles. The van der Waals surface area contributed by atoms with Gasteiger partial charge in [-0.25, -0.2) is 4.39 Å². The van der Waals surface area contributed by atoms with Gasteiger partial charge in [0.05, 0.1) is 12.3 Å². The number of rotatable bonds is 5. The Bertz CT molecular complexity index is 473. The van der Waals surface area contributed by atoms with Crippen LogP contribution in [0, 0.1) is 5.82 Å². The minimum Gasteiger partial charge on any atom is -0.465 e. The molecule has 110 valence electrons. The normalized spacial score (nSPS) is 16.2. The van der Waals surface area contributed by atoms with E-state index in [1.54, 1.807) is 13.0 Å². The maximum Gasteiger partial charge on any atom is 0.323 e. The summed E-state index contributed by atoms with van der Waals surface area (Å²) in [6.45, 7) is 3.83. The van der Waals surface area contributed by atoms with Crippen LogP contribution in [0.4, 0.5) is 10.1 Å². The molecular formula is C15H21FN2O2. The van der Waals surface area contributed by atoms with Gasteiger partial charge in [-0.05, 0) is 43.9 Å². The van der Waals surface area contributed by atoms with Crippen molar-refractivity contribution in [1.82, 2.24) is 0 Å². The molecule has 0 aliphatic carbocycles. The second-order valence-corrected chi connectivity index (χ2v) is 5.04. The zero-order valence-electron chi connectivity index (χ0n) is 11.8. The maximum absolute atomic E-state index is 14.1. The lowest BCUT2D eigenvalue weighted by Gasteiger charge is -2.19. The van der Waals surface area contributed by atoms with Crippen LogP contribution in [0.2, 0.25) is 0 Å². The van der Waals surface area contributed by atoms with Crippen molar-refractivity contribution < 1.29 is 13.9 Å². The molecule has 1 aromatic carbocycles. The molecule has 1 saturated heterocycles. The number of hydrogen-bond acceptors (Lipinski definition) is 4. The van der Waals surface area contributed by atoms with E-state index in [0.717, 1.165) is 25.9 Å². The molecule has 1 aliphatic rings. The van der Waals surface area contributed by atoms with Crippen LogP contribution in [-0.2, 0) is 16.0 Å². The van der Waals surface area contributed by atoms with Crippen LogP contribution >= 0.6 is 0 Å². The zero-order valence-corrected chi connectivity index (χ0v) is 11.8. The van der Waals surface area contributed by atoms with Gasteiger partial charge in [-0.3, -0.25) is 4.79 Å². The highest BCUT2D eigenvalue weighted by Crippen LogP contribution is 2.24. The summed E-state index contributed by atoms with van der Waals surface area (Å²) in [5, 5.41) is 0. The van der Waals surface area contributed by atoms with E-state index in [1.165, 1.54) is 6.07 Å². The number of carbonyl (C=O) groups excluding carboxylic acids is 1. The zero-order chi connectivity index (χ0) is 14.5. The molecule has 0 radical (unpaired) electrons. The van der Waals surface area contributed by atoms with Crippen molar-refractivity contribution in [3.8, 4) is 0 Å². The monoisotopic (exact) mass is 280 g/mol. The first kappa shape index (κ1) is 14.8. The third-order valence-electron chi connectivity index (χ3n) is 3.50. The molecule has 1 heterocycles. The largest absolute Gasteiger partial charge is 0.465 e. The van der Waals surface area contributed by atoms with Crippen LogP contribution in [0.1, 0.15) is 25.3 Å². The van der Waals surface area contributed by atoms with Crippen molar-refractivity contribution in [3.63, 3.8) is 0 Å². The van der Waals surface area contributed by atoms with Crippen molar-refractivity contribution >= 4 is 11.7 Å². The van der Waals surface area contributed by atoms with Crippen LogP contribution in [0.3, 0.4) is 0 Å². The van der Waals surface area contributed by atoms with Crippen molar-refractivity contribution in [3.05, 3.63) is 29.6 Å². The number of hydrogen-bond donors (Lipinski definition) is 1. The molecule has 1 atom stereocenters. The summed E-state index contributed by atoms with van der Waals surface area (Å²) in [6, 6.07) is 4.32. The highest BCUT2D eigenvalue weighted by molar-refractivity contribution is 5.75. The molecule has 0 bridgehead atoms. The van der Waals surface area contributed by atoms with Gasteiger partial charge in [0.15, 0.2) is 0 Å². The molecule has 0 amide bonds. The Kier molecular flexibility index (Phi) is 4.95. The fourth-order valence-electron chi connectivity index (χ4n) is 2.48. The van der Waals surface area contributed by atoms with Crippen LogP contribution in [0.5, 0.6) is 0 Å². The predicted molar refractivity (Wildman–Crippen MR) is 76.2 cm³/mol. The van der Waals surface area contributed by atoms with Gasteiger partial charge in [-0.1, -0.05) is 6.07 Å². The summed E-state index contributed by atoms with van der Waals surface area (Å²) in [4.78, 5) is 13.5. The van der Waals surface area contributed by atoms with Gasteiger partial charge in [0, 0.05) is 13.1 Å². The highest BCUT2D eigenvalue weighted by atomic mass is 19.1. The number of anilines is 1. The Morgan fingerprint density at radius 1 is 1.45 bits per heavy atom. The number of ether oxygens (including phenoxy) is 1. The van der Waals surface area contributed by atoms with Gasteiger partial charge in [-0.15, -0.1) is 0 Å². The molecule has 1 aromatic rings. The summed E-state index contributed by atoms with van der Waals surface area (Å²) in [5.41, 5.74) is 7.09. The average Bonchev–Trinajstić information content (AvgIpc) is 2.93. The lowest BCUT2D eigenvalue weighted by Crippen LogP contribution is -2.34. The highest BCUT2D eigenvalue weighted by Gasteiger charge is 2.18. The summed E-state index contributed by atoms with van der Waals surface area (Å²) < 4.78 is 18.9. The molecule has 0 spiro atoms. The van der Waals surface area contributed by atoms with Crippen LogP contribution in [-0.4, -0.2) is 31.7 Å². The van der Waals surface area contributed by atoms with Crippen LogP contribution in [0.25, 0.3) is 0 Å². The van der Waals surface area contributed by atoms with E-state index < -0.39 is 12.0 Å². The number of esters is 1. The quantitative estimate of drug-likeness (QED) is 0.836. The van der Waals surface area contributed by atoms with E-state index in [-0.39, 0.29) is 12.2 Å². The van der Waals surface area contributed by atoms with E-state index in [1.807, 2.05) is 11.0 Å². The topological polar surface area (TPSA) is 55.6 Å².